The highest BCUT2D eigenvalue weighted by Crippen LogP contribution is 2.34. The van der Waals surface area contributed by atoms with E-state index >= 15 is 0 Å². The molecule has 3 rings (SSSR count). The molecule has 4 nitrogen and oxygen atoms in total. The largest absolute Gasteiger partial charge is 0.463 e. The van der Waals surface area contributed by atoms with Gasteiger partial charge < -0.3 is 9.47 Å². The van der Waals surface area contributed by atoms with Crippen molar-refractivity contribution in [3.05, 3.63) is 48.0 Å². The van der Waals surface area contributed by atoms with Gasteiger partial charge in [0.15, 0.2) is 0 Å². The number of aryl methyl sites for hydroxylation is 1. The summed E-state index contributed by atoms with van der Waals surface area (Å²) >= 11 is 0. The van der Waals surface area contributed by atoms with Gasteiger partial charge >= 0.3 is 11.9 Å². The first-order valence-corrected chi connectivity index (χ1v) is 12.2. The van der Waals surface area contributed by atoms with E-state index in [4.69, 9.17) is 9.47 Å². The summed E-state index contributed by atoms with van der Waals surface area (Å²) in [6, 6.07) is 8.04. The van der Waals surface area contributed by atoms with Gasteiger partial charge in [-0.3, -0.25) is 0 Å². The number of carbonyl (C=O) groups is 2. The molecule has 170 valence electrons. The minimum absolute atomic E-state index is 0.109. The number of hydrogen-bond donors (Lipinski definition) is 0. The molecule has 2 saturated carbocycles. The first kappa shape index (κ1) is 23.6. The topological polar surface area (TPSA) is 52.6 Å². The Morgan fingerprint density at radius 1 is 0.903 bits per heavy atom. The normalized spacial score (nSPS) is 21.9. The maximum Gasteiger partial charge on any atom is 0.338 e. The minimum atomic E-state index is -0.321. The van der Waals surface area contributed by atoms with Crippen LogP contribution in [0.4, 0.5) is 0 Å². The molecule has 0 amide bonds. The zero-order valence-electron chi connectivity index (χ0n) is 18.9. The lowest BCUT2D eigenvalue weighted by molar-refractivity contribution is -0.137. The summed E-state index contributed by atoms with van der Waals surface area (Å²) in [6.45, 7) is 3.92. The van der Waals surface area contributed by atoms with Crippen molar-refractivity contribution >= 4 is 11.9 Å². The molecule has 2 fully saturated rings. The maximum atomic E-state index is 12.4. The van der Waals surface area contributed by atoms with E-state index in [1.165, 1.54) is 63.0 Å². The Morgan fingerprint density at radius 3 is 2.19 bits per heavy atom. The second kappa shape index (κ2) is 12.7. The third kappa shape index (κ3) is 8.16. The minimum Gasteiger partial charge on any atom is -0.463 e. The average Bonchev–Trinajstić information content (AvgIpc) is 2.82. The molecule has 2 aliphatic carbocycles. The van der Waals surface area contributed by atoms with Gasteiger partial charge in [0.2, 0.25) is 0 Å². The number of hydrogen-bond acceptors (Lipinski definition) is 4. The molecule has 0 aromatic heterocycles. The van der Waals surface area contributed by atoms with Crippen molar-refractivity contribution in [3.8, 4) is 0 Å². The fraction of sp³-hybridized carbons (Fsp3) is 0.630. The summed E-state index contributed by atoms with van der Waals surface area (Å²) in [4.78, 5) is 23.4. The van der Waals surface area contributed by atoms with Crippen molar-refractivity contribution in [2.45, 2.75) is 89.6 Å². The molecule has 0 N–H and O–H groups in total. The zero-order valence-corrected chi connectivity index (χ0v) is 18.9. The van der Waals surface area contributed by atoms with Crippen LogP contribution in [0.3, 0.4) is 0 Å². The fourth-order valence-corrected chi connectivity index (χ4v) is 4.99. The van der Waals surface area contributed by atoms with Crippen molar-refractivity contribution in [1.82, 2.24) is 0 Å². The Labute approximate surface area is 187 Å². The highest BCUT2D eigenvalue weighted by molar-refractivity contribution is 5.89. The third-order valence-corrected chi connectivity index (χ3v) is 6.99. The van der Waals surface area contributed by atoms with Gasteiger partial charge in [0, 0.05) is 6.08 Å². The number of rotatable bonds is 10. The first-order valence-electron chi connectivity index (χ1n) is 12.2. The monoisotopic (exact) mass is 426 g/mol. The number of benzene rings is 1. The second-order valence-corrected chi connectivity index (χ2v) is 9.30. The standard InChI is InChI=1S/C27H38O4/c1-2-26(28)30-20-6-7-21-10-12-22(13-11-21)14-15-23-16-18-24(19-17-23)27(29)31-25-8-4-3-5-9-25/h2,16-19,21-22,25H,1,3-15,20H2. The number of carbonyl (C=O) groups excluding carboxylic acids is 2. The van der Waals surface area contributed by atoms with E-state index in [1.807, 2.05) is 12.1 Å². The molecule has 0 bridgehead atoms. The van der Waals surface area contributed by atoms with E-state index in [0.29, 0.717) is 12.2 Å². The molecule has 0 aliphatic heterocycles. The molecule has 0 spiro atoms. The van der Waals surface area contributed by atoms with E-state index in [9.17, 15) is 9.59 Å². The van der Waals surface area contributed by atoms with E-state index in [-0.39, 0.29) is 18.0 Å². The maximum absolute atomic E-state index is 12.4. The average molecular weight is 427 g/mol. The highest BCUT2D eigenvalue weighted by atomic mass is 16.5. The van der Waals surface area contributed by atoms with Gasteiger partial charge in [-0.25, -0.2) is 9.59 Å². The predicted octanol–water partition coefficient (Wildman–Crippen LogP) is 6.42. The molecule has 1 aromatic rings. The van der Waals surface area contributed by atoms with Crippen LogP contribution in [0.1, 0.15) is 93.0 Å². The molecule has 4 heteroatoms. The van der Waals surface area contributed by atoms with E-state index in [1.54, 1.807) is 0 Å². The van der Waals surface area contributed by atoms with Crippen LogP contribution in [0.2, 0.25) is 0 Å². The molecule has 0 radical (unpaired) electrons. The summed E-state index contributed by atoms with van der Waals surface area (Å²) in [5, 5.41) is 0. The lowest BCUT2D eigenvalue weighted by Gasteiger charge is -2.28. The van der Waals surface area contributed by atoms with Gasteiger partial charge in [-0.15, -0.1) is 0 Å². The first-order chi connectivity index (χ1) is 15.1. The third-order valence-electron chi connectivity index (χ3n) is 6.99. The molecule has 1 aromatic carbocycles. The lowest BCUT2D eigenvalue weighted by Crippen LogP contribution is -2.20. The van der Waals surface area contributed by atoms with Crippen molar-refractivity contribution in [3.63, 3.8) is 0 Å². The van der Waals surface area contributed by atoms with Gasteiger partial charge in [0.1, 0.15) is 6.10 Å². The summed E-state index contributed by atoms with van der Waals surface area (Å²) < 4.78 is 10.7. The molecular formula is C27H38O4. The van der Waals surface area contributed by atoms with Crippen molar-refractivity contribution in [2.24, 2.45) is 11.8 Å². The van der Waals surface area contributed by atoms with Crippen molar-refractivity contribution in [1.29, 1.82) is 0 Å². The zero-order chi connectivity index (χ0) is 21.9. The van der Waals surface area contributed by atoms with Crippen LogP contribution < -0.4 is 0 Å². The Bertz CT molecular complexity index is 694. The quantitative estimate of drug-likeness (QED) is 0.246. The molecule has 2 aliphatic rings. The van der Waals surface area contributed by atoms with E-state index in [0.717, 1.165) is 43.9 Å². The molecule has 0 unspecified atom stereocenters. The molecular weight excluding hydrogens is 388 g/mol. The van der Waals surface area contributed by atoms with Crippen LogP contribution in [-0.4, -0.2) is 24.6 Å². The molecule has 0 heterocycles. The summed E-state index contributed by atoms with van der Waals surface area (Å²) in [7, 11) is 0. The Morgan fingerprint density at radius 2 is 1.55 bits per heavy atom. The summed E-state index contributed by atoms with van der Waals surface area (Å²) in [5.41, 5.74) is 1.98. The van der Waals surface area contributed by atoms with Crippen LogP contribution >= 0.6 is 0 Å². The molecule has 0 saturated heterocycles. The number of esters is 2. The highest BCUT2D eigenvalue weighted by Gasteiger charge is 2.21. The second-order valence-electron chi connectivity index (χ2n) is 9.30. The SMILES string of the molecule is C=CC(=O)OCCCC1CCC(CCc2ccc(C(=O)OC3CCCCC3)cc2)CC1. The number of ether oxygens (including phenoxy) is 2. The van der Waals surface area contributed by atoms with E-state index in [2.05, 4.69) is 18.7 Å². The van der Waals surface area contributed by atoms with Crippen molar-refractivity contribution < 1.29 is 19.1 Å². The lowest BCUT2D eigenvalue weighted by atomic mass is 9.78. The Balaban J connectivity index is 1.31. The van der Waals surface area contributed by atoms with Crippen LogP contribution in [0, 0.1) is 11.8 Å². The predicted molar refractivity (Wildman–Crippen MR) is 123 cm³/mol. The van der Waals surface area contributed by atoms with Crippen LogP contribution in [0.25, 0.3) is 0 Å². The van der Waals surface area contributed by atoms with Gasteiger partial charge in [-0.1, -0.05) is 50.8 Å². The van der Waals surface area contributed by atoms with Gasteiger partial charge in [-0.05, 0) is 80.9 Å². The van der Waals surface area contributed by atoms with Crippen LogP contribution in [0.5, 0.6) is 0 Å². The van der Waals surface area contributed by atoms with E-state index < -0.39 is 0 Å². The Hall–Kier alpha value is -2.10. The Kier molecular flexibility index (Phi) is 9.64. The van der Waals surface area contributed by atoms with Crippen LogP contribution in [0.15, 0.2) is 36.9 Å². The van der Waals surface area contributed by atoms with Gasteiger partial charge in [-0.2, -0.15) is 0 Å². The van der Waals surface area contributed by atoms with Gasteiger partial charge in [0.25, 0.3) is 0 Å². The summed E-state index contributed by atoms with van der Waals surface area (Å²) in [5.74, 6) is 1.08. The smallest absolute Gasteiger partial charge is 0.338 e. The molecule has 31 heavy (non-hydrogen) atoms. The fourth-order valence-electron chi connectivity index (χ4n) is 4.99. The van der Waals surface area contributed by atoms with Crippen LogP contribution in [-0.2, 0) is 20.7 Å². The van der Waals surface area contributed by atoms with Crippen molar-refractivity contribution in [2.75, 3.05) is 6.61 Å². The summed E-state index contributed by atoms with van der Waals surface area (Å²) in [6.07, 6.45) is 16.5. The molecule has 0 atom stereocenters. The van der Waals surface area contributed by atoms with Gasteiger partial charge in [0.05, 0.1) is 12.2 Å².